The monoisotopic (exact) mass is 303 g/mol. The zero-order valence-electron chi connectivity index (χ0n) is 13.2. The summed E-state index contributed by atoms with van der Waals surface area (Å²) in [6, 6.07) is 7.17. The van der Waals surface area contributed by atoms with Gasteiger partial charge in [0.15, 0.2) is 0 Å². The number of likely N-dealkylation sites (tertiary alicyclic amines) is 1. The van der Waals surface area contributed by atoms with E-state index in [1.807, 2.05) is 11.8 Å². The lowest BCUT2D eigenvalue weighted by molar-refractivity contribution is -0.116. The standard InChI is InChI=1S/C17H25N3O2/c1-13(18)8-9-16(21)19-15-7-5-6-14(12-15)17(22)20-10-3-2-4-11-20/h5-7,12-13H,2-4,8-11,18H2,1H3,(H,19,21). The molecule has 1 aliphatic heterocycles. The van der Waals surface area contributed by atoms with E-state index < -0.39 is 0 Å². The van der Waals surface area contributed by atoms with Crippen molar-refractivity contribution in [3.8, 4) is 0 Å². The molecule has 5 nitrogen and oxygen atoms in total. The maximum absolute atomic E-state index is 12.4. The molecular formula is C17H25N3O2. The summed E-state index contributed by atoms with van der Waals surface area (Å²) in [5.74, 6) is -0.0220. The zero-order valence-corrected chi connectivity index (χ0v) is 13.2. The van der Waals surface area contributed by atoms with Gasteiger partial charge in [-0.1, -0.05) is 6.07 Å². The quantitative estimate of drug-likeness (QED) is 0.877. The fraction of sp³-hybridized carbons (Fsp3) is 0.529. The minimum Gasteiger partial charge on any atom is -0.339 e. The number of amides is 2. The third kappa shape index (κ3) is 4.84. The Hall–Kier alpha value is -1.88. The highest BCUT2D eigenvalue weighted by atomic mass is 16.2. The molecule has 1 heterocycles. The fourth-order valence-electron chi connectivity index (χ4n) is 2.59. The van der Waals surface area contributed by atoms with E-state index in [1.54, 1.807) is 24.3 Å². The first-order valence-corrected chi connectivity index (χ1v) is 8.01. The number of carbonyl (C=O) groups excluding carboxylic acids is 2. The van der Waals surface area contributed by atoms with Crippen molar-refractivity contribution in [2.75, 3.05) is 18.4 Å². The van der Waals surface area contributed by atoms with Crippen LogP contribution in [0.4, 0.5) is 5.69 Å². The highest BCUT2D eigenvalue weighted by Crippen LogP contribution is 2.16. The van der Waals surface area contributed by atoms with E-state index in [-0.39, 0.29) is 17.9 Å². The molecule has 0 saturated carbocycles. The molecule has 5 heteroatoms. The Balaban J connectivity index is 1.97. The second kappa shape index (κ2) is 7.94. The van der Waals surface area contributed by atoms with Crippen LogP contribution in [0.2, 0.25) is 0 Å². The summed E-state index contributed by atoms with van der Waals surface area (Å²) in [5, 5.41) is 2.83. The van der Waals surface area contributed by atoms with E-state index in [4.69, 9.17) is 5.73 Å². The second-order valence-electron chi connectivity index (χ2n) is 6.00. The molecule has 0 spiro atoms. The van der Waals surface area contributed by atoms with E-state index >= 15 is 0 Å². The predicted molar refractivity (Wildman–Crippen MR) is 87.7 cm³/mol. The van der Waals surface area contributed by atoms with Gasteiger partial charge in [-0.25, -0.2) is 0 Å². The number of nitrogens with one attached hydrogen (secondary N) is 1. The largest absolute Gasteiger partial charge is 0.339 e. The van der Waals surface area contributed by atoms with Gasteiger partial charge in [0, 0.05) is 36.8 Å². The topological polar surface area (TPSA) is 75.4 Å². The van der Waals surface area contributed by atoms with Crippen LogP contribution in [0.3, 0.4) is 0 Å². The fourth-order valence-corrected chi connectivity index (χ4v) is 2.59. The molecule has 1 unspecified atom stereocenters. The lowest BCUT2D eigenvalue weighted by atomic mass is 10.1. The van der Waals surface area contributed by atoms with E-state index in [9.17, 15) is 9.59 Å². The van der Waals surface area contributed by atoms with Crippen molar-refractivity contribution >= 4 is 17.5 Å². The molecule has 120 valence electrons. The number of hydrogen-bond donors (Lipinski definition) is 2. The molecule has 1 aromatic rings. The summed E-state index contributed by atoms with van der Waals surface area (Å²) in [5.41, 5.74) is 6.95. The highest BCUT2D eigenvalue weighted by Gasteiger charge is 2.18. The van der Waals surface area contributed by atoms with E-state index in [0.29, 0.717) is 24.1 Å². The summed E-state index contributed by atoms with van der Waals surface area (Å²) >= 11 is 0. The molecule has 1 atom stereocenters. The summed E-state index contributed by atoms with van der Waals surface area (Å²) in [6.07, 6.45) is 4.37. The molecule has 3 N–H and O–H groups in total. The number of rotatable bonds is 5. The van der Waals surface area contributed by atoms with Crippen LogP contribution < -0.4 is 11.1 Å². The average molecular weight is 303 g/mol. The zero-order chi connectivity index (χ0) is 15.9. The summed E-state index contributed by atoms with van der Waals surface area (Å²) in [6.45, 7) is 3.53. The van der Waals surface area contributed by atoms with E-state index in [1.165, 1.54) is 6.42 Å². The smallest absolute Gasteiger partial charge is 0.253 e. The van der Waals surface area contributed by atoms with Gasteiger partial charge in [0.05, 0.1) is 0 Å². The first-order valence-electron chi connectivity index (χ1n) is 8.01. The number of nitrogens with zero attached hydrogens (tertiary/aromatic N) is 1. The number of anilines is 1. The predicted octanol–water partition coefficient (Wildman–Crippen LogP) is 2.38. The first-order chi connectivity index (χ1) is 10.6. The molecule has 1 aliphatic rings. The first kappa shape index (κ1) is 16.5. The van der Waals surface area contributed by atoms with Crippen molar-refractivity contribution in [2.45, 2.75) is 45.1 Å². The maximum Gasteiger partial charge on any atom is 0.253 e. The molecule has 1 saturated heterocycles. The van der Waals surface area contributed by atoms with Crippen molar-refractivity contribution in [3.05, 3.63) is 29.8 Å². The van der Waals surface area contributed by atoms with E-state index in [0.717, 1.165) is 25.9 Å². The molecule has 2 rings (SSSR count). The molecular weight excluding hydrogens is 278 g/mol. The molecule has 0 radical (unpaired) electrons. The van der Waals surface area contributed by atoms with Crippen molar-refractivity contribution in [2.24, 2.45) is 5.73 Å². The van der Waals surface area contributed by atoms with Gasteiger partial charge >= 0.3 is 0 Å². The SMILES string of the molecule is CC(N)CCC(=O)Nc1cccc(C(=O)N2CCCCC2)c1. The third-order valence-electron chi connectivity index (χ3n) is 3.86. The van der Waals surface area contributed by atoms with Crippen LogP contribution in [0.1, 0.15) is 49.4 Å². The summed E-state index contributed by atoms with van der Waals surface area (Å²) in [7, 11) is 0. The Kier molecular flexibility index (Phi) is 5.95. The highest BCUT2D eigenvalue weighted by molar-refractivity contribution is 5.97. The molecule has 0 aliphatic carbocycles. The third-order valence-corrected chi connectivity index (χ3v) is 3.86. The van der Waals surface area contributed by atoms with Crippen LogP contribution in [0, 0.1) is 0 Å². The van der Waals surface area contributed by atoms with Gasteiger partial charge in [0.25, 0.3) is 5.91 Å². The average Bonchev–Trinajstić information content (AvgIpc) is 2.53. The normalized spacial score (nSPS) is 16.2. The molecule has 1 fully saturated rings. The lowest BCUT2D eigenvalue weighted by Gasteiger charge is -2.26. The molecule has 0 bridgehead atoms. The minimum atomic E-state index is -0.0696. The minimum absolute atomic E-state index is 0.0118. The van der Waals surface area contributed by atoms with Crippen molar-refractivity contribution in [1.82, 2.24) is 4.90 Å². The van der Waals surface area contributed by atoms with Gasteiger partial charge in [-0.2, -0.15) is 0 Å². The number of benzene rings is 1. The van der Waals surface area contributed by atoms with Crippen LogP contribution >= 0.6 is 0 Å². The van der Waals surface area contributed by atoms with Crippen LogP contribution in [0.5, 0.6) is 0 Å². The Morgan fingerprint density at radius 2 is 2.00 bits per heavy atom. The number of nitrogens with two attached hydrogens (primary N) is 1. The van der Waals surface area contributed by atoms with Crippen molar-refractivity contribution in [1.29, 1.82) is 0 Å². The van der Waals surface area contributed by atoms with E-state index in [2.05, 4.69) is 5.32 Å². The van der Waals surface area contributed by atoms with Gasteiger partial charge in [0.2, 0.25) is 5.91 Å². The van der Waals surface area contributed by atoms with Gasteiger partial charge in [0.1, 0.15) is 0 Å². The van der Waals surface area contributed by atoms with Gasteiger partial charge in [-0.05, 0) is 50.8 Å². The number of hydrogen-bond acceptors (Lipinski definition) is 3. The van der Waals surface area contributed by atoms with Gasteiger partial charge in [-0.3, -0.25) is 9.59 Å². The van der Waals surface area contributed by atoms with Crippen LogP contribution in [0.25, 0.3) is 0 Å². The van der Waals surface area contributed by atoms with Crippen LogP contribution in [-0.4, -0.2) is 35.8 Å². The Morgan fingerprint density at radius 1 is 1.27 bits per heavy atom. The molecule has 0 aromatic heterocycles. The van der Waals surface area contributed by atoms with Crippen LogP contribution in [0.15, 0.2) is 24.3 Å². The number of carbonyl (C=O) groups is 2. The molecule has 1 aromatic carbocycles. The summed E-state index contributed by atoms with van der Waals surface area (Å²) < 4.78 is 0. The van der Waals surface area contributed by atoms with Crippen molar-refractivity contribution in [3.63, 3.8) is 0 Å². The Morgan fingerprint density at radius 3 is 2.68 bits per heavy atom. The second-order valence-corrected chi connectivity index (χ2v) is 6.00. The van der Waals surface area contributed by atoms with Crippen LogP contribution in [-0.2, 0) is 4.79 Å². The number of piperidine rings is 1. The molecule has 2 amide bonds. The van der Waals surface area contributed by atoms with Gasteiger partial charge in [-0.15, -0.1) is 0 Å². The Labute approximate surface area is 131 Å². The molecule has 22 heavy (non-hydrogen) atoms. The summed E-state index contributed by atoms with van der Waals surface area (Å²) in [4.78, 5) is 26.2. The lowest BCUT2D eigenvalue weighted by Crippen LogP contribution is -2.35. The Bertz CT molecular complexity index is 522. The van der Waals surface area contributed by atoms with Gasteiger partial charge < -0.3 is 16.0 Å². The van der Waals surface area contributed by atoms with Crippen molar-refractivity contribution < 1.29 is 9.59 Å². The maximum atomic E-state index is 12.4.